The highest BCUT2D eigenvalue weighted by Gasteiger charge is 2.37. The molecule has 1 aliphatic carbocycles. The highest BCUT2D eigenvalue weighted by molar-refractivity contribution is 7.92. The van der Waals surface area contributed by atoms with Crippen LogP contribution in [0.3, 0.4) is 0 Å². The lowest BCUT2D eigenvalue weighted by molar-refractivity contribution is -0.384. The number of nitro groups is 1. The van der Waals surface area contributed by atoms with Gasteiger partial charge in [-0.05, 0) is 44.0 Å². The van der Waals surface area contributed by atoms with Crippen molar-refractivity contribution < 1.29 is 18.1 Å². The molecule has 1 saturated heterocycles. The molecular formula is C22H27N3O5S. The van der Waals surface area contributed by atoms with E-state index in [1.54, 1.807) is 37.3 Å². The van der Waals surface area contributed by atoms with E-state index in [-0.39, 0.29) is 29.3 Å². The van der Waals surface area contributed by atoms with Crippen LogP contribution in [-0.4, -0.2) is 45.2 Å². The molecule has 0 N–H and O–H groups in total. The van der Waals surface area contributed by atoms with Crippen molar-refractivity contribution in [3.8, 4) is 0 Å². The first-order valence-corrected chi connectivity index (χ1v) is 12.1. The van der Waals surface area contributed by atoms with Crippen LogP contribution in [0.15, 0.2) is 53.4 Å². The molecule has 0 amide bonds. The minimum Gasteiger partial charge on any atom is -0.374 e. The molecule has 0 radical (unpaired) electrons. The van der Waals surface area contributed by atoms with Crippen molar-refractivity contribution in [1.29, 1.82) is 0 Å². The largest absolute Gasteiger partial charge is 0.374 e. The second-order valence-corrected chi connectivity index (χ2v) is 9.73. The third kappa shape index (κ3) is 4.12. The molecule has 1 heterocycles. The Labute approximate surface area is 182 Å². The molecule has 166 valence electrons. The van der Waals surface area contributed by atoms with Gasteiger partial charge in [-0.2, -0.15) is 0 Å². The van der Waals surface area contributed by atoms with E-state index in [0.29, 0.717) is 24.5 Å². The lowest BCUT2D eigenvalue weighted by Crippen LogP contribution is -2.53. The fourth-order valence-electron chi connectivity index (χ4n) is 4.66. The minimum absolute atomic E-state index is 0.0687. The Morgan fingerprint density at radius 2 is 1.90 bits per heavy atom. The van der Waals surface area contributed by atoms with Crippen molar-refractivity contribution in [3.05, 3.63) is 58.6 Å². The van der Waals surface area contributed by atoms with Crippen LogP contribution in [0.1, 0.15) is 32.6 Å². The SMILES string of the molecule is CCN(c1ccccc1)S(=O)(=O)c1ccc(N2CCO[C@H]3CCCC[C@@H]32)c([N+](=O)[O-])c1. The van der Waals surface area contributed by atoms with Gasteiger partial charge in [0, 0.05) is 19.2 Å². The van der Waals surface area contributed by atoms with Crippen molar-refractivity contribution in [1.82, 2.24) is 0 Å². The zero-order valence-corrected chi connectivity index (χ0v) is 18.3. The van der Waals surface area contributed by atoms with Crippen LogP contribution in [0.25, 0.3) is 0 Å². The molecule has 0 aromatic heterocycles. The second-order valence-electron chi connectivity index (χ2n) is 7.87. The zero-order chi connectivity index (χ0) is 22.0. The summed E-state index contributed by atoms with van der Waals surface area (Å²) in [5, 5.41) is 12.0. The van der Waals surface area contributed by atoms with Crippen LogP contribution < -0.4 is 9.21 Å². The summed E-state index contributed by atoms with van der Waals surface area (Å²) in [6.45, 7) is 3.02. The van der Waals surface area contributed by atoms with Gasteiger partial charge in [0.2, 0.25) is 0 Å². The molecule has 2 atom stereocenters. The molecule has 1 aliphatic heterocycles. The zero-order valence-electron chi connectivity index (χ0n) is 17.5. The molecular weight excluding hydrogens is 418 g/mol. The molecule has 0 unspecified atom stereocenters. The van der Waals surface area contributed by atoms with Crippen LogP contribution in [0.2, 0.25) is 0 Å². The van der Waals surface area contributed by atoms with E-state index >= 15 is 0 Å². The molecule has 4 rings (SSSR count). The predicted molar refractivity (Wildman–Crippen MR) is 119 cm³/mol. The van der Waals surface area contributed by atoms with Crippen LogP contribution in [0, 0.1) is 10.1 Å². The Bertz CT molecular complexity index is 1040. The molecule has 2 fully saturated rings. The summed E-state index contributed by atoms with van der Waals surface area (Å²) in [5.74, 6) is 0. The number of anilines is 2. The van der Waals surface area contributed by atoms with Gasteiger partial charge in [-0.25, -0.2) is 8.42 Å². The average Bonchev–Trinajstić information content (AvgIpc) is 2.79. The van der Waals surface area contributed by atoms with E-state index in [1.165, 1.54) is 16.4 Å². The number of benzene rings is 2. The van der Waals surface area contributed by atoms with E-state index in [2.05, 4.69) is 0 Å². The van der Waals surface area contributed by atoms with Gasteiger partial charge in [0.15, 0.2) is 0 Å². The summed E-state index contributed by atoms with van der Waals surface area (Å²) in [6.07, 6.45) is 4.09. The molecule has 2 aromatic rings. The van der Waals surface area contributed by atoms with E-state index in [9.17, 15) is 18.5 Å². The molecule has 0 spiro atoms. The van der Waals surface area contributed by atoms with Gasteiger partial charge in [-0.15, -0.1) is 0 Å². The third-order valence-electron chi connectivity index (χ3n) is 6.10. The van der Waals surface area contributed by atoms with E-state index in [4.69, 9.17) is 4.74 Å². The van der Waals surface area contributed by atoms with Crippen LogP contribution in [0.4, 0.5) is 17.1 Å². The first kappa shape index (κ1) is 21.6. The fraction of sp³-hybridized carbons (Fsp3) is 0.455. The number of ether oxygens (including phenoxy) is 1. The van der Waals surface area contributed by atoms with Crippen molar-refractivity contribution in [2.45, 2.75) is 49.6 Å². The van der Waals surface area contributed by atoms with Gasteiger partial charge >= 0.3 is 0 Å². The van der Waals surface area contributed by atoms with Crippen molar-refractivity contribution in [3.63, 3.8) is 0 Å². The highest BCUT2D eigenvalue weighted by Crippen LogP contribution is 2.38. The molecule has 9 heteroatoms. The quantitative estimate of drug-likeness (QED) is 0.494. The normalized spacial score (nSPS) is 21.4. The highest BCUT2D eigenvalue weighted by atomic mass is 32.2. The van der Waals surface area contributed by atoms with Crippen molar-refractivity contribution >= 4 is 27.1 Å². The number of fused-ring (bicyclic) bond motifs is 1. The number of sulfonamides is 1. The Morgan fingerprint density at radius 3 is 2.61 bits per heavy atom. The number of morpholine rings is 1. The van der Waals surface area contributed by atoms with E-state index < -0.39 is 14.9 Å². The number of hydrogen-bond acceptors (Lipinski definition) is 6. The second kappa shape index (κ2) is 8.84. The number of nitro benzene ring substituents is 1. The Kier molecular flexibility index (Phi) is 6.15. The van der Waals surface area contributed by atoms with Gasteiger partial charge in [0.1, 0.15) is 5.69 Å². The first-order chi connectivity index (χ1) is 14.9. The summed E-state index contributed by atoms with van der Waals surface area (Å²) >= 11 is 0. The molecule has 8 nitrogen and oxygen atoms in total. The van der Waals surface area contributed by atoms with Gasteiger partial charge in [0.05, 0.1) is 34.3 Å². The van der Waals surface area contributed by atoms with E-state index in [0.717, 1.165) is 25.7 Å². The molecule has 2 aromatic carbocycles. The lowest BCUT2D eigenvalue weighted by atomic mass is 9.89. The molecule has 1 saturated carbocycles. The lowest BCUT2D eigenvalue weighted by Gasteiger charge is -2.44. The Hall–Kier alpha value is -2.65. The summed E-state index contributed by atoms with van der Waals surface area (Å²) in [7, 11) is -3.95. The Balaban J connectivity index is 1.73. The predicted octanol–water partition coefficient (Wildman–Crippen LogP) is 3.96. The van der Waals surface area contributed by atoms with Crippen LogP contribution in [-0.2, 0) is 14.8 Å². The number of rotatable bonds is 6. The summed E-state index contributed by atoms with van der Waals surface area (Å²) in [5.41, 5.74) is 0.804. The summed E-state index contributed by atoms with van der Waals surface area (Å²) in [4.78, 5) is 13.4. The smallest absolute Gasteiger partial charge is 0.293 e. The summed E-state index contributed by atoms with van der Waals surface area (Å²) < 4.78 is 33.8. The number of hydrogen-bond donors (Lipinski definition) is 0. The Morgan fingerprint density at radius 1 is 1.16 bits per heavy atom. The fourth-order valence-corrected chi connectivity index (χ4v) is 6.16. The maximum atomic E-state index is 13.3. The maximum absolute atomic E-state index is 13.3. The number of nitrogens with zero attached hydrogens (tertiary/aromatic N) is 3. The molecule has 31 heavy (non-hydrogen) atoms. The van der Waals surface area contributed by atoms with Gasteiger partial charge in [0.25, 0.3) is 15.7 Å². The number of para-hydroxylation sites is 1. The average molecular weight is 446 g/mol. The maximum Gasteiger partial charge on any atom is 0.293 e. The topological polar surface area (TPSA) is 93.0 Å². The monoisotopic (exact) mass is 445 g/mol. The van der Waals surface area contributed by atoms with Gasteiger partial charge in [-0.1, -0.05) is 31.0 Å². The minimum atomic E-state index is -3.95. The molecule has 2 aliphatic rings. The first-order valence-electron chi connectivity index (χ1n) is 10.7. The van der Waals surface area contributed by atoms with E-state index in [1.807, 2.05) is 11.0 Å². The van der Waals surface area contributed by atoms with Crippen molar-refractivity contribution in [2.75, 3.05) is 28.9 Å². The molecule has 0 bridgehead atoms. The standard InChI is InChI=1S/C22H27N3O5S/c1-2-24(17-8-4-3-5-9-17)31(28,29)18-12-13-19(21(16-18)25(26)27)23-14-15-30-22-11-7-6-10-20(22)23/h3-5,8-9,12-13,16,20,22H,2,6-7,10-11,14-15H2,1H3/t20-,22-/m0/s1. The van der Waals surface area contributed by atoms with Gasteiger partial charge < -0.3 is 9.64 Å². The van der Waals surface area contributed by atoms with Crippen molar-refractivity contribution in [2.24, 2.45) is 0 Å². The van der Waals surface area contributed by atoms with Crippen LogP contribution in [0.5, 0.6) is 0 Å². The third-order valence-corrected chi connectivity index (χ3v) is 8.00. The van der Waals surface area contributed by atoms with Gasteiger partial charge in [-0.3, -0.25) is 14.4 Å². The van der Waals surface area contributed by atoms with Crippen LogP contribution >= 0.6 is 0 Å². The summed E-state index contributed by atoms with van der Waals surface area (Å²) in [6, 6.07) is 13.1.